The first-order valence-electron chi connectivity index (χ1n) is 7.82. The van der Waals surface area contributed by atoms with Crippen molar-refractivity contribution in [1.29, 1.82) is 0 Å². The molecule has 0 atom stereocenters. The molecule has 0 fully saturated rings. The highest BCUT2D eigenvalue weighted by molar-refractivity contribution is 5.15. The van der Waals surface area contributed by atoms with Crippen LogP contribution < -0.4 is 0 Å². The Hall–Kier alpha value is -1.19. The standard InChI is InChI=1S/C14H12F17/c1-2-3-4-5-6-7(15,16)8(17,18)9(19,20)10(21,22)11(23,24)12(25,26)13(27,28)14(29,30)31/h1-6H2. The van der Waals surface area contributed by atoms with Gasteiger partial charge in [-0.25, -0.2) is 0 Å². The summed E-state index contributed by atoms with van der Waals surface area (Å²) in [7, 11) is 0. The Kier molecular flexibility index (Phi) is 7.98. The van der Waals surface area contributed by atoms with Gasteiger partial charge < -0.3 is 0 Å². The van der Waals surface area contributed by atoms with Gasteiger partial charge in [-0.1, -0.05) is 26.2 Å². The Morgan fingerprint density at radius 2 is 0.710 bits per heavy atom. The van der Waals surface area contributed by atoms with Gasteiger partial charge in [0.2, 0.25) is 0 Å². The Bertz CT molecular complexity index is 600. The van der Waals surface area contributed by atoms with Crippen LogP contribution in [0, 0.1) is 6.92 Å². The molecular formula is C14H12F17. The van der Waals surface area contributed by atoms with Crippen LogP contribution in [0.5, 0.6) is 0 Å². The first-order valence-corrected chi connectivity index (χ1v) is 7.82. The molecule has 0 heterocycles. The van der Waals surface area contributed by atoms with Crippen molar-refractivity contribution in [2.24, 2.45) is 0 Å². The molecule has 187 valence electrons. The summed E-state index contributed by atoms with van der Waals surface area (Å²) in [5.41, 5.74) is 0. The van der Waals surface area contributed by atoms with Crippen molar-refractivity contribution in [3.05, 3.63) is 6.92 Å². The third-order valence-corrected chi connectivity index (χ3v) is 4.03. The Labute approximate surface area is 162 Å². The van der Waals surface area contributed by atoms with Crippen molar-refractivity contribution in [3.8, 4) is 0 Å². The first kappa shape index (κ1) is 29.8. The van der Waals surface area contributed by atoms with Gasteiger partial charge >= 0.3 is 47.6 Å². The zero-order valence-electron chi connectivity index (χ0n) is 14.7. The smallest absolute Gasteiger partial charge is 0.200 e. The lowest BCUT2D eigenvalue weighted by molar-refractivity contribution is -0.461. The van der Waals surface area contributed by atoms with Crippen molar-refractivity contribution < 1.29 is 74.6 Å². The maximum absolute atomic E-state index is 13.5. The third kappa shape index (κ3) is 4.37. The predicted octanol–water partition coefficient (Wildman–Crippen LogP) is 7.78. The van der Waals surface area contributed by atoms with Gasteiger partial charge in [-0.15, -0.1) is 0 Å². The van der Waals surface area contributed by atoms with E-state index in [4.69, 9.17) is 0 Å². The topological polar surface area (TPSA) is 0 Å². The summed E-state index contributed by atoms with van der Waals surface area (Å²) >= 11 is 0. The average Bonchev–Trinajstić information content (AvgIpc) is 2.56. The van der Waals surface area contributed by atoms with Gasteiger partial charge in [0, 0.05) is 6.42 Å². The van der Waals surface area contributed by atoms with Crippen LogP contribution in [0.25, 0.3) is 0 Å². The molecule has 0 aromatic heterocycles. The van der Waals surface area contributed by atoms with Crippen LogP contribution in [-0.2, 0) is 0 Å². The van der Waals surface area contributed by atoms with Gasteiger partial charge in [-0.2, -0.15) is 74.6 Å². The molecule has 0 aromatic carbocycles. The van der Waals surface area contributed by atoms with Crippen LogP contribution in [-0.4, -0.2) is 47.6 Å². The zero-order chi connectivity index (χ0) is 25.5. The number of hydrogen-bond acceptors (Lipinski definition) is 0. The fourth-order valence-corrected chi connectivity index (χ4v) is 2.05. The van der Waals surface area contributed by atoms with Crippen LogP contribution in [0.2, 0.25) is 0 Å². The summed E-state index contributed by atoms with van der Waals surface area (Å²) < 4.78 is 221. The van der Waals surface area contributed by atoms with Crippen molar-refractivity contribution >= 4 is 0 Å². The van der Waals surface area contributed by atoms with Gasteiger partial charge in [0.1, 0.15) is 0 Å². The van der Waals surface area contributed by atoms with Crippen molar-refractivity contribution in [1.82, 2.24) is 0 Å². The van der Waals surface area contributed by atoms with Crippen LogP contribution in [0.1, 0.15) is 32.1 Å². The second kappa shape index (κ2) is 8.30. The largest absolute Gasteiger partial charge is 0.460 e. The normalized spacial score (nSPS) is 16.1. The lowest BCUT2D eigenvalue weighted by Crippen LogP contribution is -2.74. The monoisotopic (exact) mass is 503 g/mol. The van der Waals surface area contributed by atoms with Gasteiger partial charge in [0.05, 0.1) is 0 Å². The maximum atomic E-state index is 13.5. The van der Waals surface area contributed by atoms with E-state index in [0.717, 1.165) is 0 Å². The summed E-state index contributed by atoms with van der Waals surface area (Å²) in [5, 5.41) is 0. The molecule has 0 aliphatic rings. The first-order chi connectivity index (χ1) is 13.3. The summed E-state index contributed by atoms with van der Waals surface area (Å²) in [6, 6.07) is 0. The number of unbranched alkanes of at least 4 members (excludes halogenated alkanes) is 3. The molecule has 31 heavy (non-hydrogen) atoms. The molecule has 0 nitrogen and oxygen atoms in total. The molecule has 0 N–H and O–H groups in total. The Morgan fingerprint density at radius 1 is 0.387 bits per heavy atom. The van der Waals surface area contributed by atoms with Crippen molar-refractivity contribution in [2.45, 2.75) is 79.7 Å². The number of hydrogen-bond donors (Lipinski definition) is 0. The molecule has 0 aliphatic heterocycles. The summed E-state index contributed by atoms with van der Waals surface area (Å²) in [4.78, 5) is 0. The second-order valence-corrected chi connectivity index (χ2v) is 6.31. The number of halogens is 17. The van der Waals surface area contributed by atoms with E-state index in [1.54, 1.807) is 0 Å². The van der Waals surface area contributed by atoms with E-state index < -0.39 is 66.9 Å². The van der Waals surface area contributed by atoms with E-state index >= 15 is 0 Å². The average molecular weight is 503 g/mol. The van der Waals surface area contributed by atoms with Gasteiger partial charge in [-0.3, -0.25) is 0 Å². The molecule has 17 heteroatoms. The molecule has 1 radical (unpaired) electrons. The predicted molar refractivity (Wildman–Crippen MR) is 69.1 cm³/mol. The highest BCUT2D eigenvalue weighted by atomic mass is 19.4. The minimum atomic E-state index is -8.57. The van der Waals surface area contributed by atoms with E-state index in [9.17, 15) is 74.6 Å². The highest BCUT2D eigenvalue weighted by Gasteiger charge is 2.95. The highest BCUT2D eigenvalue weighted by Crippen LogP contribution is 2.64. The fourth-order valence-electron chi connectivity index (χ4n) is 2.05. The maximum Gasteiger partial charge on any atom is 0.460 e. The quantitative estimate of drug-likeness (QED) is 0.200. The van der Waals surface area contributed by atoms with Crippen molar-refractivity contribution in [2.75, 3.05) is 0 Å². The van der Waals surface area contributed by atoms with Crippen LogP contribution in [0.3, 0.4) is 0 Å². The Morgan fingerprint density at radius 3 is 1.03 bits per heavy atom. The summed E-state index contributed by atoms with van der Waals surface area (Å²) in [5.74, 6) is -55.7. The minimum Gasteiger partial charge on any atom is -0.200 e. The van der Waals surface area contributed by atoms with Gasteiger partial charge in [0.25, 0.3) is 0 Å². The fraction of sp³-hybridized carbons (Fsp3) is 0.929. The Balaban J connectivity index is 6.37. The summed E-state index contributed by atoms with van der Waals surface area (Å²) in [6.45, 7) is 3.18. The molecule has 0 spiro atoms. The number of alkyl halides is 17. The van der Waals surface area contributed by atoms with Crippen molar-refractivity contribution in [3.63, 3.8) is 0 Å². The molecule has 0 unspecified atom stereocenters. The molecule has 0 amide bonds. The lowest BCUT2D eigenvalue weighted by Gasteiger charge is -2.42. The second-order valence-electron chi connectivity index (χ2n) is 6.31. The van der Waals surface area contributed by atoms with Gasteiger partial charge in [-0.05, 0) is 6.42 Å². The van der Waals surface area contributed by atoms with E-state index in [-0.39, 0.29) is 12.8 Å². The lowest BCUT2D eigenvalue weighted by atomic mass is 9.88. The molecular weight excluding hydrogens is 491 g/mol. The molecule has 0 saturated heterocycles. The van der Waals surface area contributed by atoms with E-state index in [2.05, 4.69) is 6.92 Å². The zero-order valence-corrected chi connectivity index (χ0v) is 14.7. The van der Waals surface area contributed by atoms with Crippen LogP contribution >= 0.6 is 0 Å². The third-order valence-electron chi connectivity index (χ3n) is 4.03. The number of rotatable bonds is 11. The minimum absolute atomic E-state index is 0.0188. The molecule has 0 rings (SSSR count). The SMILES string of the molecule is [CH2]CCCCCC(F)(F)C(F)(F)C(F)(F)C(F)(F)C(F)(F)C(F)(F)C(F)(F)C(F)(F)F. The van der Waals surface area contributed by atoms with E-state index in [0.29, 0.717) is 0 Å². The molecule has 0 aliphatic carbocycles. The molecule has 0 aromatic rings. The van der Waals surface area contributed by atoms with Crippen LogP contribution in [0.4, 0.5) is 74.6 Å². The molecule has 0 saturated carbocycles. The van der Waals surface area contributed by atoms with Crippen LogP contribution in [0.15, 0.2) is 0 Å². The van der Waals surface area contributed by atoms with E-state index in [1.807, 2.05) is 0 Å². The summed E-state index contributed by atoms with van der Waals surface area (Å²) in [6.07, 6.45) is -11.7. The van der Waals surface area contributed by atoms with E-state index in [1.165, 1.54) is 0 Å². The molecule has 0 bridgehead atoms. The van der Waals surface area contributed by atoms with Gasteiger partial charge in [0.15, 0.2) is 0 Å².